The van der Waals surface area contributed by atoms with E-state index < -0.39 is 0 Å². The Morgan fingerprint density at radius 1 is 1.47 bits per heavy atom. The minimum Gasteiger partial charge on any atom is -0.374 e. The van der Waals surface area contributed by atoms with Crippen molar-refractivity contribution in [3.05, 3.63) is 0 Å². The van der Waals surface area contributed by atoms with E-state index in [2.05, 4.69) is 24.2 Å². The molecule has 0 amide bonds. The summed E-state index contributed by atoms with van der Waals surface area (Å²) in [6, 6.07) is 0.314. The van der Waals surface area contributed by atoms with Crippen molar-refractivity contribution < 1.29 is 4.74 Å². The zero-order chi connectivity index (χ0) is 11.9. The maximum Gasteiger partial charge on any atom is 0.188 e. The quantitative estimate of drug-likeness (QED) is 0.521. The lowest BCUT2D eigenvalue weighted by Gasteiger charge is -2.26. The third-order valence-electron chi connectivity index (χ3n) is 2.26. The minimum atomic E-state index is -0.196. The monoisotopic (exact) mass is 215 g/mol. The van der Waals surface area contributed by atoms with Gasteiger partial charge in [-0.2, -0.15) is 0 Å². The molecule has 1 atom stereocenters. The number of hydrogen-bond acceptors (Lipinski definition) is 2. The van der Waals surface area contributed by atoms with Crippen molar-refractivity contribution >= 4 is 5.96 Å². The number of rotatable bonds is 6. The Balaban J connectivity index is 4.19. The van der Waals surface area contributed by atoms with Crippen LogP contribution < -0.4 is 11.1 Å². The van der Waals surface area contributed by atoms with Crippen molar-refractivity contribution in [3.63, 3.8) is 0 Å². The zero-order valence-corrected chi connectivity index (χ0v) is 10.6. The molecule has 90 valence electrons. The van der Waals surface area contributed by atoms with Crippen LogP contribution in [0.3, 0.4) is 0 Å². The standard InChI is InChI=1S/C11H25N3O/c1-6-11(5,15-7-2)8-13-10(12)14-9(3)4/h9H,6-8H2,1-5H3,(H3,12,13,14). The number of ether oxygens (including phenoxy) is 1. The molecule has 0 fully saturated rings. The van der Waals surface area contributed by atoms with Gasteiger partial charge in [0.05, 0.1) is 12.1 Å². The van der Waals surface area contributed by atoms with Gasteiger partial charge in [-0.15, -0.1) is 0 Å². The Kier molecular flexibility index (Phi) is 6.32. The summed E-state index contributed by atoms with van der Waals surface area (Å²) in [5.74, 6) is 0.490. The molecule has 0 aliphatic carbocycles. The van der Waals surface area contributed by atoms with E-state index >= 15 is 0 Å². The molecule has 0 rings (SSSR count). The van der Waals surface area contributed by atoms with Crippen molar-refractivity contribution in [2.45, 2.75) is 52.7 Å². The summed E-state index contributed by atoms with van der Waals surface area (Å²) in [6.07, 6.45) is 0.930. The first-order chi connectivity index (χ1) is 6.93. The van der Waals surface area contributed by atoms with E-state index in [4.69, 9.17) is 10.5 Å². The summed E-state index contributed by atoms with van der Waals surface area (Å²) in [6.45, 7) is 11.5. The Hall–Kier alpha value is -0.770. The number of aliphatic imine (C=N–C) groups is 1. The largest absolute Gasteiger partial charge is 0.374 e. The van der Waals surface area contributed by atoms with Crippen LogP contribution in [0.5, 0.6) is 0 Å². The Bertz CT molecular complexity index is 204. The molecule has 0 bridgehead atoms. The van der Waals surface area contributed by atoms with Crippen LogP contribution in [0.4, 0.5) is 0 Å². The second-order valence-corrected chi connectivity index (χ2v) is 4.24. The van der Waals surface area contributed by atoms with Gasteiger partial charge >= 0.3 is 0 Å². The molecule has 0 aromatic rings. The molecule has 0 saturated heterocycles. The first kappa shape index (κ1) is 14.2. The van der Waals surface area contributed by atoms with Gasteiger partial charge in [0.15, 0.2) is 5.96 Å². The summed E-state index contributed by atoms with van der Waals surface area (Å²) < 4.78 is 5.64. The molecule has 0 spiro atoms. The van der Waals surface area contributed by atoms with E-state index in [-0.39, 0.29) is 5.60 Å². The smallest absolute Gasteiger partial charge is 0.188 e. The fourth-order valence-electron chi connectivity index (χ4n) is 1.20. The van der Waals surface area contributed by atoms with Crippen molar-refractivity contribution in [1.82, 2.24) is 5.32 Å². The Morgan fingerprint density at radius 3 is 2.47 bits per heavy atom. The Labute approximate surface area is 93.3 Å². The highest BCUT2D eigenvalue weighted by Gasteiger charge is 2.21. The molecule has 0 heterocycles. The van der Waals surface area contributed by atoms with E-state index in [1.807, 2.05) is 20.8 Å². The third kappa shape index (κ3) is 6.33. The summed E-state index contributed by atoms with van der Waals surface area (Å²) in [4.78, 5) is 4.28. The molecule has 0 aromatic heterocycles. The summed E-state index contributed by atoms with van der Waals surface area (Å²) in [7, 11) is 0. The van der Waals surface area contributed by atoms with E-state index in [0.717, 1.165) is 6.42 Å². The number of guanidine groups is 1. The van der Waals surface area contributed by atoms with Gasteiger partial charge in [0.2, 0.25) is 0 Å². The van der Waals surface area contributed by atoms with Gasteiger partial charge in [-0.1, -0.05) is 6.92 Å². The second-order valence-electron chi connectivity index (χ2n) is 4.24. The van der Waals surface area contributed by atoms with Crippen LogP contribution in [0.15, 0.2) is 4.99 Å². The van der Waals surface area contributed by atoms with Gasteiger partial charge in [-0.3, -0.25) is 4.99 Å². The molecule has 0 aliphatic rings. The predicted octanol–water partition coefficient (Wildman–Crippen LogP) is 1.50. The van der Waals surface area contributed by atoms with E-state index in [0.29, 0.717) is 25.2 Å². The van der Waals surface area contributed by atoms with Crippen LogP contribution in [0, 0.1) is 0 Å². The highest BCUT2D eigenvalue weighted by atomic mass is 16.5. The number of nitrogens with one attached hydrogen (secondary N) is 1. The van der Waals surface area contributed by atoms with Crippen LogP contribution in [0.2, 0.25) is 0 Å². The lowest BCUT2D eigenvalue weighted by atomic mass is 10.0. The van der Waals surface area contributed by atoms with E-state index in [1.165, 1.54) is 0 Å². The van der Waals surface area contributed by atoms with Crippen molar-refractivity contribution in [3.8, 4) is 0 Å². The normalized spacial score (nSPS) is 16.5. The van der Waals surface area contributed by atoms with Crippen LogP contribution in [0.25, 0.3) is 0 Å². The summed E-state index contributed by atoms with van der Waals surface area (Å²) in [5, 5.41) is 3.05. The van der Waals surface area contributed by atoms with Gasteiger partial charge in [-0.25, -0.2) is 0 Å². The predicted molar refractivity (Wildman–Crippen MR) is 65.1 cm³/mol. The van der Waals surface area contributed by atoms with Crippen molar-refractivity contribution in [2.24, 2.45) is 10.7 Å². The molecule has 0 aromatic carbocycles. The average molecular weight is 215 g/mol. The lowest BCUT2D eigenvalue weighted by Crippen LogP contribution is -2.39. The molecule has 0 saturated carbocycles. The SMILES string of the molecule is CCOC(C)(CC)CN=C(N)NC(C)C. The van der Waals surface area contributed by atoms with Gasteiger partial charge in [0.1, 0.15) is 0 Å². The van der Waals surface area contributed by atoms with Crippen molar-refractivity contribution in [1.29, 1.82) is 0 Å². The minimum absolute atomic E-state index is 0.196. The number of nitrogens with two attached hydrogens (primary N) is 1. The first-order valence-electron chi connectivity index (χ1n) is 5.64. The molecule has 15 heavy (non-hydrogen) atoms. The van der Waals surface area contributed by atoms with E-state index in [1.54, 1.807) is 0 Å². The number of nitrogens with zero attached hydrogens (tertiary/aromatic N) is 1. The van der Waals surface area contributed by atoms with Crippen LogP contribution >= 0.6 is 0 Å². The maximum atomic E-state index is 5.72. The first-order valence-corrected chi connectivity index (χ1v) is 5.64. The van der Waals surface area contributed by atoms with Crippen LogP contribution in [0.1, 0.15) is 41.0 Å². The molecule has 0 aliphatic heterocycles. The molecular formula is C11H25N3O. The average Bonchev–Trinajstić information content (AvgIpc) is 2.14. The van der Waals surface area contributed by atoms with Crippen LogP contribution in [-0.2, 0) is 4.74 Å². The zero-order valence-electron chi connectivity index (χ0n) is 10.6. The van der Waals surface area contributed by atoms with Gasteiger partial charge in [-0.05, 0) is 34.1 Å². The molecule has 4 heteroatoms. The van der Waals surface area contributed by atoms with E-state index in [9.17, 15) is 0 Å². The van der Waals surface area contributed by atoms with Crippen LogP contribution in [-0.4, -0.2) is 30.8 Å². The van der Waals surface area contributed by atoms with Gasteiger partial charge in [0.25, 0.3) is 0 Å². The second kappa shape index (κ2) is 6.67. The van der Waals surface area contributed by atoms with Gasteiger partial charge in [0, 0.05) is 12.6 Å². The topological polar surface area (TPSA) is 59.6 Å². The fourth-order valence-corrected chi connectivity index (χ4v) is 1.20. The summed E-state index contributed by atoms with van der Waals surface area (Å²) >= 11 is 0. The fraction of sp³-hybridized carbons (Fsp3) is 0.909. The van der Waals surface area contributed by atoms with Gasteiger partial charge < -0.3 is 15.8 Å². The molecule has 1 unspecified atom stereocenters. The molecule has 0 radical (unpaired) electrons. The molecule has 4 nitrogen and oxygen atoms in total. The maximum absolute atomic E-state index is 5.72. The molecule has 3 N–H and O–H groups in total. The summed E-state index contributed by atoms with van der Waals surface area (Å²) in [5.41, 5.74) is 5.52. The number of hydrogen-bond donors (Lipinski definition) is 2. The highest BCUT2D eigenvalue weighted by Crippen LogP contribution is 2.15. The highest BCUT2D eigenvalue weighted by molar-refractivity contribution is 5.78. The third-order valence-corrected chi connectivity index (χ3v) is 2.26. The molecular weight excluding hydrogens is 190 g/mol. The lowest BCUT2D eigenvalue weighted by molar-refractivity contribution is -0.0198. The Morgan fingerprint density at radius 2 is 2.07 bits per heavy atom. The van der Waals surface area contributed by atoms with Crippen molar-refractivity contribution in [2.75, 3.05) is 13.2 Å².